The summed E-state index contributed by atoms with van der Waals surface area (Å²) in [5.41, 5.74) is 1.68. The summed E-state index contributed by atoms with van der Waals surface area (Å²) in [5, 5.41) is 0. The van der Waals surface area contributed by atoms with Crippen molar-refractivity contribution in [3.8, 4) is 0 Å². The topological polar surface area (TPSA) is 130 Å². The first-order valence-corrected chi connectivity index (χ1v) is 15.0. The summed E-state index contributed by atoms with van der Waals surface area (Å²) in [7, 11) is -8.66. The van der Waals surface area contributed by atoms with Gasteiger partial charge in [0.25, 0.3) is 20.2 Å². The molecule has 0 N–H and O–H groups in total. The van der Waals surface area contributed by atoms with E-state index in [0.29, 0.717) is 25.7 Å². The van der Waals surface area contributed by atoms with Crippen molar-refractivity contribution in [2.75, 3.05) is 0 Å². The van der Waals surface area contributed by atoms with E-state index >= 15 is 0 Å². The Hall–Kier alpha value is -2.60. The van der Waals surface area contributed by atoms with Gasteiger partial charge in [-0.2, -0.15) is 16.8 Å². The third-order valence-corrected chi connectivity index (χ3v) is 8.14. The van der Waals surface area contributed by atoms with Crippen LogP contribution in [0.3, 0.4) is 0 Å². The minimum absolute atomic E-state index is 0.0180. The molecule has 204 valence electrons. The van der Waals surface area contributed by atoms with Crippen molar-refractivity contribution in [1.29, 1.82) is 0 Å². The summed E-state index contributed by atoms with van der Waals surface area (Å²) < 4.78 is 66.2. The van der Waals surface area contributed by atoms with Crippen molar-refractivity contribution in [3.63, 3.8) is 0 Å². The number of benzene rings is 2. The van der Waals surface area contributed by atoms with E-state index in [1.807, 2.05) is 13.8 Å². The van der Waals surface area contributed by atoms with Crippen LogP contribution in [-0.2, 0) is 42.9 Å². The maximum atomic E-state index is 12.8. The number of ether oxygens (including phenoxy) is 1. The summed E-state index contributed by atoms with van der Waals surface area (Å²) in [5.74, 6) is -2.46. The molecule has 0 bridgehead atoms. The van der Waals surface area contributed by atoms with Gasteiger partial charge in [0.05, 0.1) is 9.79 Å². The van der Waals surface area contributed by atoms with Gasteiger partial charge in [-0.3, -0.25) is 8.37 Å². The average Bonchev–Trinajstić information content (AvgIpc) is 2.84. The summed E-state index contributed by atoms with van der Waals surface area (Å²) in [6.45, 7) is 7.26. The van der Waals surface area contributed by atoms with Gasteiger partial charge >= 0.3 is 11.9 Å². The Kier molecular flexibility index (Phi) is 11.4. The lowest BCUT2D eigenvalue weighted by Gasteiger charge is -2.19. The van der Waals surface area contributed by atoms with E-state index in [0.717, 1.165) is 11.1 Å². The fourth-order valence-electron chi connectivity index (χ4n) is 3.25. The van der Waals surface area contributed by atoms with Gasteiger partial charge in [-0.25, -0.2) is 9.59 Å². The molecule has 0 aliphatic heterocycles. The molecule has 0 heterocycles. The van der Waals surface area contributed by atoms with Crippen LogP contribution < -0.4 is 0 Å². The summed E-state index contributed by atoms with van der Waals surface area (Å²) in [6.07, 6.45) is -1.10. The second-order valence-electron chi connectivity index (χ2n) is 8.73. The number of esters is 2. The first-order chi connectivity index (χ1) is 17.4. The van der Waals surface area contributed by atoms with Crippen molar-refractivity contribution < 1.29 is 39.5 Å². The Labute approximate surface area is 219 Å². The fourth-order valence-corrected chi connectivity index (χ4v) is 5.37. The average molecular weight is 555 g/mol. The van der Waals surface area contributed by atoms with E-state index in [1.54, 1.807) is 38.1 Å². The molecule has 37 heavy (non-hydrogen) atoms. The Morgan fingerprint density at radius 3 is 1.27 bits per heavy atom. The van der Waals surface area contributed by atoms with Gasteiger partial charge in [0.1, 0.15) is 0 Å². The maximum absolute atomic E-state index is 12.8. The van der Waals surface area contributed by atoms with Crippen molar-refractivity contribution in [2.45, 2.75) is 88.2 Å². The van der Waals surface area contributed by atoms with Crippen molar-refractivity contribution in [1.82, 2.24) is 0 Å². The predicted octanol–water partition coefficient (Wildman–Crippen LogP) is 4.60. The number of aryl methyl sites for hydroxylation is 2. The molecule has 11 heteroatoms. The SMILES string of the molecule is CCCCC(OS(=O)(=O)c1ccc(C)cc1)C(=O)OC(=O)C(CCCC)OS(=O)(=O)c1ccc(C)cc1. The van der Waals surface area contributed by atoms with Gasteiger partial charge in [-0.1, -0.05) is 74.9 Å². The van der Waals surface area contributed by atoms with Crippen molar-refractivity contribution >= 4 is 32.2 Å². The standard InChI is InChI=1S/C26H34O9S2/c1-5-7-9-23(34-36(29,30)21-15-11-19(3)12-16-21)25(27)33-26(28)24(10-8-6-2)35-37(31,32)22-17-13-20(4)14-18-22/h11-18,23-24H,5-10H2,1-4H3. The van der Waals surface area contributed by atoms with Crippen molar-refractivity contribution in [2.24, 2.45) is 0 Å². The summed E-state index contributed by atoms with van der Waals surface area (Å²) in [6, 6.07) is 11.7. The zero-order chi connectivity index (χ0) is 27.6. The highest BCUT2D eigenvalue weighted by atomic mass is 32.2. The molecule has 9 nitrogen and oxygen atoms in total. The van der Waals surface area contributed by atoms with Gasteiger partial charge in [-0.05, 0) is 51.0 Å². The van der Waals surface area contributed by atoms with E-state index in [2.05, 4.69) is 0 Å². The molecule has 0 amide bonds. The van der Waals surface area contributed by atoms with Gasteiger partial charge < -0.3 is 4.74 Å². The van der Waals surface area contributed by atoms with Crippen LogP contribution in [0.25, 0.3) is 0 Å². The minimum atomic E-state index is -4.33. The first-order valence-electron chi connectivity index (χ1n) is 12.1. The lowest BCUT2D eigenvalue weighted by molar-refractivity contribution is -0.169. The Balaban J connectivity index is 2.21. The molecule has 0 spiro atoms. The Morgan fingerprint density at radius 1 is 0.649 bits per heavy atom. The van der Waals surface area contributed by atoms with E-state index < -0.39 is 44.4 Å². The van der Waals surface area contributed by atoms with E-state index in [1.165, 1.54) is 24.3 Å². The van der Waals surface area contributed by atoms with E-state index in [4.69, 9.17) is 13.1 Å². The fraction of sp³-hybridized carbons (Fsp3) is 0.462. The summed E-state index contributed by atoms with van der Waals surface area (Å²) >= 11 is 0. The Morgan fingerprint density at radius 2 is 0.973 bits per heavy atom. The third-order valence-electron chi connectivity index (χ3n) is 5.47. The monoisotopic (exact) mass is 554 g/mol. The van der Waals surface area contributed by atoms with Gasteiger partial charge in [0.15, 0.2) is 12.2 Å². The maximum Gasteiger partial charge on any atom is 0.344 e. The molecule has 2 aromatic carbocycles. The summed E-state index contributed by atoms with van der Waals surface area (Å²) in [4.78, 5) is 25.4. The highest BCUT2D eigenvalue weighted by molar-refractivity contribution is 7.87. The molecular weight excluding hydrogens is 520 g/mol. The smallest absolute Gasteiger partial charge is 0.344 e. The lowest BCUT2D eigenvalue weighted by atomic mass is 10.1. The molecule has 2 atom stereocenters. The number of hydrogen-bond acceptors (Lipinski definition) is 9. The molecule has 0 fully saturated rings. The second-order valence-corrected chi connectivity index (χ2v) is 11.9. The molecular formula is C26H34O9S2. The lowest BCUT2D eigenvalue weighted by Crippen LogP contribution is -2.36. The largest absolute Gasteiger partial charge is 0.389 e. The highest BCUT2D eigenvalue weighted by Crippen LogP contribution is 2.21. The van der Waals surface area contributed by atoms with Gasteiger partial charge in [0, 0.05) is 0 Å². The molecule has 0 aromatic heterocycles. The zero-order valence-electron chi connectivity index (χ0n) is 21.5. The molecule has 0 saturated heterocycles. The van der Waals surface area contributed by atoms with Crippen LogP contribution >= 0.6 is 0 Å². The van der Waals surface area contributed by atoms with Crippen LogP contribution in [0, 0.1) is 13.8 Å². The quantitative estimate of drug-likeness (QED) is 0.187. The Bertz CT molecular complexity index is 1150. The number of carbonyl (C=O) groups excluding carboxylic acids is 2. The third kappa shape index (κ3) is 9.33. The molecule has 2 unspecified atom stereocenters. The molecule has 0 aliphatic rings. The molecule has 0 radical (unpaired) electrons. The molecule has 0 aliphatic carbocycles. The minimum Gasteiger partial charge on any atom is -0.389 e. The van der Waals surface area contributed by atoms with Crippen LogP contribution in [0.2, 0.25) is 0 Å². The van der Waals surface area contributed by atoms with E-state index in [-0.39, 0.29) is 22.6 Å². The van der Waals surface area contributed by atoms with Gasteiger partial charge in [0.2, 0.25) is 0 Å². The molecule has 2 aromatic rings. The number of carbonyl (C=O) groups is 2. The normalized spacial score (nSPS) is 13.6. The van der Waals surface area contributed by atoms with E-state index in [9.17, 15) is 26.4 Å². The van der Waals surface area contributed by atoms with Crippen LogP contribution in [0.4, 0.5) is 0 Å². The van der Waals surface area contributed by atoms with Crippen LogP contribution in [-0.4, -0.2) is 41.0 Å². The highest BCUT2D eigenvalue weighted by Gasteiger charge is 2.34. The van der Waals surface area contributed by atoms with Crippen LogP contribution in [0.15, 0.2) is 58.3 Å². The number of hydrogen-bond donors (Lipinski definition) is 0. The van der Waals surface area contributed by atoms with Crippen LogP contribution in [0.5, 0.6) is 0 Å². The predicted molar refractivity (Wildman–Crippen MR) is 137 cm³/mol. The second kappa shape index (κ2) is 13.8. The number of unbranched alkanes of at least 4 members (excludes halogenated alkanes) is 2. The van der Waals surface area contributed by atoms with Crippen molar-refractivity contribution in [3.05, 3.63) is 59.7 Å². The zero-order valence-corrected chi connectivity index (χ0v) is 23.1. The number of rotatable bonds is 14. The first kappa shape index (κ1) is 30.6. The van der Waals surface area contributed by atoms with Gasteiger partial charge in [-0.15, -0.1) is 0 Å². The van der Waals surface area contributed by atoms with Crippen LogP contribution in [0.1, 0.15) is 63.5 Å². The molecule has 2 rings (SSSR count). The molecule has 0 saturated carbocycles.